The summed E-state index contributed by atoms with van der Waals surface area (Å²) in [5.41, 5.74) is 2.88. The molecule has 0 radical (unpaired) electrons. The standard InChI is InChI=1S/C25H32N2O4/c1-31-23-18-21(14-15-26-23)20-11-8-12-22(17-20)27(16-7-3-6-13-24(28)29)25(30)19-9-4-2-5-10-19/h8,11-12,14-15,17-19H,2-7,9-10,13,16H2,1H3,(H,28,29). The van der Waals surface area contributed by atoms with Gasteiger partial charge in [0.05, 0.1) is 7.11 Å². The molecule has 1 saturated carbocycles. The quantitative estimate of drug-likeness (QED) is 0.523. The summed E-state index contributed by atoms with van der Waals surface area (Å²) in [6.45, 7) is 0.609. The third-order valence-corrected chi connectivity index (χ3v) is 5.93. The van der Waals surface area contributed by atoms with Gasteiger partial charge in [-0.2, -0.15) is 0 Å². The SMILES string of the molecule is COc1cc(-c2cccc(N(CCCCCC(=O)O)C(=O)C3CCCCC3)c2)ccn1. The summed E-state index contributed by atoms with van der Waals surface area (Å²) in [4.78, 5) is 30.3. The Labute approximate surface area is 184 Å². The minimum Gasteiger partial charge on any atom is -0.481 e. The van der Waals surface area contributed by atoms with Gasteiger partial charge in [-0.05, 0) is 55.0 Å². The molecule has 2 aromatic rings. The van der Waals surface area contributed by atoms with Gasteiger partial charge < -0.3 is 14.7 Å². The van der Waals surface area contributed by atoms with E-state index < -0.39 is 5.97 Å². The average molecular weight is 425 g/mol. The Balaban J connectivity index is 1.80. The van der Waals surface area contributed by atoms with Gasteiger partial charge in [-0.1, -0.05) is 37.8 Å². The van der Waals surface area contributed by atoms with E-state index in [9.17, 15) is 9.59 Å². The molecule has 6 heteroatoms. The number of ether oxygens (including phenoxy) is 1. The van der Waals surface area contributed by atoms with E-state index >= 15 is 0 Å². The highest BCUT2D eigenvalue weighted by molar-refractivity contribution is 5.95. The van der Waals surface area contributed by atoms with E-state index in [1.165, 1.54) is 6.42 Å². The monoisotopic (exact) mass is 424 g/mol. The van der Waals surface area contributed by atoms with Crippen molar-refractivity contribution in [2.75, 3.05) is 18.6 Å². The van der Waals surface area contributed by atoms with E-state index in [1.54, 1.807) is 13.3 Å². The van der Waals surface area contributed by atoms with Gasteiger partial charge >= 0.3 is 5.97 Å². The molecule has 1 aliphatic rings. The zero-order valence-electron chi connectivity index (χ0n) is 18.3. The molecule has 6 nitrogen and oxygen atoms in total. The molecule has 0 unspecified atom stereocenters. The van der Waals surface area contributed by atoms with Crippen LogP contribution < -0.4 is 9.64 Å². The molecule has 0 bridgehead atoms. The lowest BCUT2D eigenvalue weighted by Crippen LogP contribution is -2.38. The van der Waals surface area contributed by atoms with Crippen molar-refractivity contribution in [1.29, 1.82) is 0 Å². The first-order valence-corrected chi connectivity index (χ1v) is 11.2. The third kappa shape index (κ3) is 6.54. The molecule has 1 aromatic heterocycles. The van der Waals surface area contributed by atoms with Gasteiger partial charge in [0, 0.05) is 36.8 Å². The summed E-state index contributed by atoms with van der Waals surface area (Å²) in [5, 5.41) is 8.86. The molecule has 1 aromatic carbocycles. The highest BCUT2D eigenvalue weighted by Crippen LogP contribution is 2.31. The summed E-state index contributed by atoms with van der Waals surface area (Å²) >= 11 is 0. The molecule has 1 N–H and O–H groups in total. The number of pyridine rings is 1. The van der Waals surface area contributed by atoms with Gasteiger partial charge in [0.25, 0.3) is 0 Å². The smallest absolute Gasteiger partial charge is 0.303 e. The van der Waals surface area contributed by atoms with E-state index in [4.69, 9.17) is 9.84 Å². The van der Waals surface area contributed by atoms with Crippen LogP contribution in [-0.4, -0.2) is 35.6 Å². The first-order chi connectivity index (χ1) is 15.1. The fourth-order valence-corrected chi connectivity index (χ4v) is 4.21. The van der Waals surface area contributed by atoms with Gasteiger partial charge in [0.2, 0.25) is 11.8 Å². The lowest BCUT2D eigenvalue weighted by atomic mass is 9.88. The molecule has 1 heterocycles. The Morgan fingerprint density at radius 1 is 1.06 bits per heavy atom. The van der Waals surface area contributed by atoms with E-state index in [0.717, 1.165) is 55.3 Å². The van der Waals surface area contributed by atoms with Crippen molar-refractivity contribution < 1.29 is 19.4 Å². The van der Waals surface area contributed by atoms with E-state index in [1.807, 2.05) is 41.3 Å². The van der Waals surface area contributed by atoms with Crippen LogP contribution in [-0.2, 0) is 9.59 Å². The van der Waals surface area contributed by atoms with Gasteiger partial charge in [-0.15, -0.1) is 0 Å². The number of carbonyl (C=O) groups excluding carboxylic acids is 1. The zero-order chi connectivity index (χ0) is 22.1. The van der Waals surface area contributed by atoms with Crippen molar-refractivity contribution in [3.63, 3.8) is 0 Å². The number of rotatable bonds is 10. The highest BCUT2D eigenvalue weighted by atomic mass is 16.5. The van der Waals surface area contributed by atoms with Crippen LogP contribution in [0, 0.1) is 5.92 Å². The number of carboxylic acids is 1. The van der Waals surface area contributed by atoms with Gasteiger partial charge in [-0.3, -0.25) is 9.59 Å². The number of methoxy groups -OCH3 is 1. The fourth-order valence-electron chi connectivity index (χ4n) is 4.21. The summed E-state index contributed by atoms with van der Waals surface area (Å²) in [7, 11) is 1.59. The molecule has 0 spiro atoms. The molecular formula is C25H32N2O4. The highest BCUT2D eigenvalue weighted by Gasteiger charge is 2.27. The fraction of sp³-hybridized carbons (Fsp3) is 0.480. The number of hydrogen-bond donors (Lipinski definition) is 1. The normalized spacial score (nSPS) is 14.2. The molecule has 3 rings (SSSR count). The molecule has 0 saturated heterocycles. The maximum Gasteiger partial charge on any atom is 0.303 e. The number of nitrogens with zero attached hydrogens (tertiary/aromatic N) is 2. The van der Waals surface area contributed by atoms with E-state index in [0.29, 0.717) is 18.8 Å². The second-order valence-corrected chi connectivity index (χ2v) is 8.17. The van der Waals surface area contributed by atoms with E-state index in [2.05, 4.69) is 4.98 Å². The summed E-state index contributed by atoms with van der Waals surface area (Å²) in [6.07, 6.45) is 9.45. The van der Waals surface area contributed by atoms with Gasteiger partial charge in [0.15, 0.2) is 0 Å². The van der Waals surface area contributed by atoms with Crippen molar-refractivity contribution >= 4 is 17.6 Å². The van der Waals surface area contributed by atoms with Crippen molar-refractivity contribution in [2.24, 2.45) is 5.92 Å². The summed E-state index contributed by atoms with van der Waals surface area (Å²) < 4.78 is 5.25. The lowest BCUT2D eigenvalue weighted by Gasteiger charge is -2.30. The second kappa shape index (κ2) is 11.5. The maximum absolute atomic E-state index is 13.4. The van der Waals surface area contributed by atoms with Crippen LogP contribution in [0.25, 0.3) is 11.1 Å². The maximum atomic E-state index is 13.4. The predicted molar refractivity (Wildman–Crippen MR) is 121 cm³/mol. The topological polar surface area (TPSA) is 79.7 Å². The van der Waals surface area contributed by atoms with Crippen molar-refractivity contribution in [3.8, 4) is 17.0 Å². The average Bonchev–Trinajstić information content (AvgIpc) is 2.81. The van der Waals surface area contributed by atoms with Crippen molar-refractivity contribution in [2.45, 2.75) is 57.8 Å². The Morgan fingerprint density at radius 2 is 1.84 bits per heavy atom. The predicted octanol–water partition coefficient (Wildman–Crippen LogP) is 5.32. The van der Waals surface area contributed by atoms with Crippen molar-refractivity contribution in [3.05, 3.63) is 42.6 Å². The third-order valence-electron chi connectivity index (χ3n) is 5.93. The van der Waals surface area contributed by atoms with E-state index in [-0.39, 0.29) is 18.2 Å². The zero-order valence-corrected chi connectivity index (χ0v) is 18.3. The number of amides is 1. The molecule has 31 heavy (non-hydrogen) atoms. The summed E-state index contributed by atoms with van der Waals surface area (Å²) in [6, 6.07) is 11.9. The number of anilines is 1. The molecule has 1 amide bonds. The van der Waals surface area contributed by atoms with Gasteiger partial charge in [0.1, 0.15) is 0 Å². The largest absolute Gasteiger partial charge is 0.481 e. The number of benzene rings is 1. The summed E-state index contributed by atoms with van der Waals surface area (Å²) in [5.74, 6) is 0.0620. The molecule has 0 aliphatic heterocycles. The van der Waals surface area contributed by atoms with Crippen LogP contribution in [0.1, 0.15) is 57.8 Å². The van der Waals surface area contributed by atoms with Crippen LogP contribution in [0.4, 0.5) is 5.69 Å². The number of carboxylic acid groups (broad SMARTS) is 1. The number of carbonyl (C=O) groups is 2. The number of aromatic nitrogens is 1. The van der Waals surface area contributed by atoms with Crippen molar-refractivity contribution in [1.82, 2.24) is 4.98 Å². The molecule has 0 atom stereocenters. The molecule has 166 valence electrons. The lowest BCUT2D eigenvalue weighted by molar-refractivity contribution is -0.137. The van der Waals surface area contributed by atoms with Crippen LogP contribution in [0.2, 0.25) is 0 Å². The minimum absolute atomic E-state index is 0.0810. The number of aliphatic carboxylic acids is 1. The Morgan fingerprint density at radius 3 is 2.58 bits per heavy atom. The minimum atomic E-state index is -0.768. The number of hydrogen-bond acceptors (Lipinski definition) is 4. The molecule has 1 aliphatic carbocycles. The van der Waals surface area contributed by atoms with Gasteiger partial charge in [-0.25, -0.2) is 4.98 Å². The second-order valence-electron chi connectivity index (χ2n) is 8.17. The van der Waals surface area contributed by atoms with Crippen LogP contribution in [0.3, 0.4) is 0 Å². The first-order valence-electron chi connectivity index (χ1n) is 11.2. The van der Waals surface area contributed by atoms with Crippen LogP contribution in [0.15, 0.2) is 42.6 Å². The first kappa shape index (κ1) is 22.8. The molecule has 1 fully saturated rings. The van der Waals surface area contributed by atoms with Crippen LogP contribution >= 0.6 is 0 Å². The number of unbranched alkanes of at least 4 members (excludes halogenated alkanes) is 2. The van der Waals surface area contributed by atoms with Crippen LogP contribution in [0.5, 0.6) is 5.88 Å². The Bertz CT molecular complexity index is 877. The Hall–Kier alpha value is -2.89. The molecular weight excluding hydrogens is 392 g/mol. The Kier molecular flexibility index (Phi) is 8.44.